The van der Waals surface area contributed by atoms with Crippen LogP contribution in [0, 0.1) is 21.4 Å². The van der Waals surface area contributed by atoms with E-state index < -0.39 is 31.4 Å². The van der Waals surface area contributed by atoms with Gasteiger partial charge in [-0.1, -0.05) is 24.3 Å². The second-order valence-electron chi connectivity index (χ2n) is 17.9. The first-order valence-electron chi connectivity index (χ1n) is 22.0. The van der Waals surface area contributed by atoms with Crippen molar-refractivity contribution in [3.63, 3.8) is 0 Å². The highest BCUT2D eigenvalue weighted by Crippen LogP contribution is 2.51. The number of rotatable bonds is 13. The van der Waals surface area contributed by atoms with Gasteiger partial charge in [0.05, 0.1) is 22.9 Å². The Morgan fingerprint density at radius 2 is 1.74 bits per heavy atom. The number of hydrogen-bond acceptors (Lipinski definition) is 12. The molecule has 3 aliphatic heterocycles. The number of aromatic nitrogens is 3. The molecule has 62 heavy (non-hydrogen) atoms. The molecule has 1 amide bonds. The fraction of sp³-hybridized carbons (Fsp3) is 0.457. The van der Waals surface area contributed by atoms with Crippen molar-refractivity contribution >= 4 is 44.2 Å². The molecule has 1 spiro atoms. The molecule has 10 rings (SSSR count). The number of ether oxygens (including phenoxy) is 2. The molecule has 0 bridgehead atoms. The molecule has 6 heterocycles. The van der Waals surface area contributed by atoms with Crippen LogP contribution in [-0.2, 0) is 14.8 Å². The zero-order valence-corrected chi connectivity index (χ0v) is 35.4. The Morgan fingerprint density at radius 1 is 0.952 bits per heavy atom. The fourth-order valence-corrected chi connectivity index (χ4v) is 11.2. The van der Waals surface area contributed by atoms with Crippen LogP contribution in [-0.4, -0.2) is 84.5 Å². The van der Waals surface area contributed by atoms with Crippen molar-refractivity contribution in [1.29, 1.82) is 0 Å². The van der Waals surface area contributed by atoms with Gasteiger partial charge in [0.25, 0.3) is 15.9 Å². The summed E-state index contributed by atoms with van der Waals surface area (Å²) in [6.07, 6.45) is 15.7. The van der Waals surface area contributed by atoms with E-state index in [-0.39, 0.29) is 28.5 Å². The van der Waals surface area contributed by atoms with Crippen molar-refractivity contribution in [2.75, 3.05) is 49.6 Å². The lowest BCUT2D eigenvalue weighted by Crippen LogP contribution is -2.59. The fourth-order valence-electron chi connectivity index (χ4n) is 10.3. The molecule has 5 fully saturated rings. The number of nitrogens with one attached hydrogen (secondary N) is 3. The van der Waals surface area contributed by atoms with Crippen LogP contribution in [0.2, 0.25) is 0 Å². The molecular formula is C46H52N8O7S. The van der Waals surface area contributed by atoms with E-state index in [0.29, 0.717) is 43.2 Å². The van der Waals surface area contributed by atoms with Gasteiger partial charge in [-0.25, -0.2) is 23.1 Å². The number of hydrogen-bond donors (Lipinski definition) is 3. The summed E-state index contributed by atoms with van der Waals surface area (Å²) in [5.41, 5.74) is 4.35. The van der Waals surface area contributed by atoms with Crippen molar-refractivity contribution in [2.45, 2.75) is 87.1 Å². The van der Waals surface area contributed by atoms with E-state index in [0.717, 1.165) is 68.0 Å². The number of aromatic amines is 1. The predicted molar refractivity (Wildman–Crippen MR) is 234 cm³/mol. The average Bonchev–Trinajstić information content (AvgIpc) is 3.81. The van der Waals surface area contributed by atoms with Crippen LogP contribution in [0.15, 0.2) is 84.1 Å². The third-order valence-electron chi connectivity index (χ3n) is 13.9. The van der Waals surface area contributed by atoms with Crippen LogP contribution >= 0.6 is 0 Å². The second kappa shape index (κ2) is 16.6. The van der Waals surface area contributed by atoms with Gasteiger partial charge in [0.15, 0.2) is 0 Å². The van der Waals surface area contributed by atoms with Crippen molar-refractivity contribution in [3.05, 3.63) is 106 Å². The summed E-state index contributed by atoms with van der Waals surface area (Å²) in [7, 11) is -4.60. The van der Waals surface area contributed by atoms with E-state index in [1.807, 2.05) is 12.1 Å². The number of amides is 1. The maximum absolute atomic E-state index is 13.9. The number of carbonyl (C=O) groups is 1. The van der Waals surface area contributed by atoms with Gasteiger partial charge >= 0.3 is 5.69 Å². The number of benzene rings is 2. The molecule has 2 aliphatic carbocycles. The van der Waals surface area contributed by atoms with Gasteiger partial charge in [-0.2, -0.15) is 0 Å². The summed E-state index contributed by atoms with van der Waals surface area (Å²) in [5, 5.41) is 15.9. The predicted octanol–water partition coefficient (Wildman–Crippen LogP) is 8.08. The summed E-state index contributed by atoms with van der Waals surface area (Å²) in [5.74, 6) is 0.510. The van der Waals surface area contributed by atoms with Crippen molar-refractivity contribution in [2.24, 2.45) is 11.3 Å². The molecule has 1 atom stereocenters. The number of sulfonamides is 1. The average molecular weight is 861 g/mol. The number of nitrogens with zero attached hydrogens (tertiary/aromatic N) is 5. The van der Waals surface area contributed by atoms with Crippen LogP contribution in [0.4, 0.5) is 17.2 Å². The lowest BCUT2D eigenvalue weighted by molar-refractivity contribution is -0.384. The van der Waals surface area contributed by atoms with E-state index >= 15 is 0 Å². The minimum Gasteiger partial charge on any atom is -0.455 e. The largest absolute Gasteiger partial charge is 0.455 e. The van der Waals surface area contributed by atoms with Crippen LogP contribution in [0.5, 0.6) is 11.5 Å². The number of pyridine rings is 2. The van der Waals surface area contributed by atoms with Crippen molar-refractivity contribution in [3.8, 4) is 11.5 Å². The normalized spacial score (nSPS) is 20.9. The molecule has 15 nitrogen and oxygen atoms in total. The molecule has 324 valence electrons. The number of nitro groups is 1. The smallest absolute Gasteiger partial charge is 0.312 e. The van der Waals surface area contributed by atoms with Gasteiger partial charge in [0.1, 0.15) is 22.0 Å². The lowest BCUT2D eigenvalue weighted by Gasteiger charge is -2.55. The third-order valence-corrected chi connectivity index (χ3v) is 15.2. The highest BCUT2D eigenvalue weighted by atomic mass is 32.2. The highest BCUT2D eigenvalue weighted by molar-refractivity contribution is 7.90. The van der Waals surface area contributed by atoms with Gasteiger partial charge in [0, 0.05) is 79.7 Å². The molecule has 3 N–H and O–H groups in total. The SMILES string of the molecule is O=C(NS(=O)(=O)c1cnc(NCC2CCOCC2)c([N+](=O)[O-])c1)c1ccc(N2CC3(CCC(N4CCC[C@H]4c4ccccc4C4CC4)CC3)C2)cc1Oc1cnc2[nH]ccc2c1. The molecular weight excluding hydrogens is 809 g/mol. The second-order valence-corrected chi connectivity index (χ2v) is 19.6. The van der Waals surface area contributed by atoms with E-state index in [4.69, 9.17) is 9.47 Å². The topological polar surface area (TPSA) is 185 Å². The van der Waals surface area contributed by atoms with Crippen LogP contribution in [0.3, 0.4) is 0 Å². The minimum atomic E-state index is -4.60. The Hall–Kier alpha value is -5.58. The number of carbonyl (C=O) groups excluding carboxylic acids is 1. The molecule has 16 heteroatoms. The van der Waals surface area contributed by atoms with Crippen LogP contribution < -0.4 is 19.7 Å². The van der Waals surface area contributed by atoms with E-state index in [1.54, 1.807) is 41.7 Å². The van der Waals surface area contributed by atoms with E-state index in [2.05, 4.69) is 59.1 Å². The molecule has 3 saturated heterocycles. The molecule has 5 aromatic rings. The Labute approximate surface area is 360 Å². The Morgan fingerprint density at radius 3 is 2.52 bits per heavy atom. The monoisotopic (exact) mass is 860 g/mol. The number of likely N-dealkylation sites (tertiary alicyclic amines) is 1. The molecule has 2 aromatic carbocycles. The standard InChI is InChI=1S/C46H52N8O7S/c55-45(51-62(58,59)36-24-41(54(56)57)44(50-27-36)48-25-30-14-20-60-21-15-30)39-10-9-34(23-42(39)61-35-22-32-13-18-47-43(32)49-26-35)52-28-46(29-52)16-11-33(12-17-46)53-19-3-6-40(53)38-5-2-1-4-37(38)31-7-8-31/h1-2,4-5,9-10,13,18,22-24,26-27,30-31,33,40H,3,6-8,11-12,14-17,19-21,25,28-29H2,(H,47,49)(H,48,50)(H,51,55)/t40-/m0/s1. The quantitative estimate of drug-likeness (QED) is 0.0765. The van der Waals surface area contributed by atoms with Gasteiger partial charge in [-0.05, 0) is 118 Å². The van der Waals surface area contributed by atoms with Crippen molar-refractivity contribution < 1.29 is 27.6 Å². The molecule has 0 radical (unpaired) electrons. The summed E-state index contributed by atoms with van der Waals surface area (Å²) in [6.45, 7) is 4.60. The minimum absolute atomic E-state index is 0.0251. The molecule has 3 aromatic heterocycles. The highest BCUT2D eigenvalue weighted by Gasteiger charge is 2.47. The maximum atomic E-state index is 13.9. The van der Waals surface area contributed by atoms with E-state index in [1.165, 1.54) is 45.1 Å². The molecule has 5 aliphatic rings. The first-order chi connectivity index (χ1) is 30.1. The Kier molecular flexibility index (Phi) is 10.8. The summed E-state index contributed by atoms with van der Waals surface area (Å²) >= 11 is 0. The molecule has 0 unspecified atom stereocenters. The molecule has 2 saturated carbocycles. The maximum Gasteiger partial charge on any atom is 0.312 e. The van der Waals surface area contributed by atoms with Gasteiger partial charge < -0.3 is 24.7 Å². The van der Waals surface area contributed by atoms with Crippen LogP contribution in [0.25, 0.3) is 11.0 Å². The van der Waals surface area contributed by atoms with Gasteiger partial charge in [-0.3, -0.25) is 19.8 Å². The summed E-state index contributed by atoms with van der Waals surface area (Å²) < 4.78 is 41.1. The number of fused-ring (bicyclic) bond motifs is 1. The first kappa shape index (κ1) is 40.5. The number of H-pyrrole nitrogens is 1. The van der Waals surface area contributed by atoms with Crippen molar-refractivity contribution in [1.82, 2.24) is 24.6 Å². The first-order valence-corrected chi connectivity index (χ1v) is 23.5. The van der Waals surface area contributed by atoms with Gasteiger partial charge in [0.2, 0.25) is 5.82 Å². The number of anilines is 2. The zero-order valence-electron chi connectivity index (χ0n) is 34.6. The summed E-state index contributed by atoms with van der Waals surface area (Å²) in [4.78, 5) is 41.5. The summed E-state index contributed by atoms with van der Waals surface area (Å²) in [6, 6.07) is 20.0. The van der Waals surface area contributed by atoms with Gasteiger partial charge in [-0.15, -0.1) is 0 Å². The zero-order chi connectivity index (χ0) is 42.4. The van der Waals surface area contributed by atoms with E-state index in [9.17, 15) is 23.3 Å². The Bertz CT molecular complexity index is 2590. The lowest BCUT2D eigenvalue weighted by atomic mass is 9.67. The Balaban J connectivity index is 0.840. The van der Waals surface area contributed by atoms with Crippen LogP contribution in [0.1, 0.15) is 97.7 Å². The third kappa shape index (κ3) is 8.22.